The normalized spacial score (nSPS) is 12.9. The van der Waals surface area contributed by atoms with Crippen LogP contribution in [0.15, 0.2) is 16.0 Å². The predicted octanol–water partition coefficient (Wildman–Crippen LogP) is 0.927. The third kappa shape index (κ3) is 4.59. The molecule has 1 aromatic rings. The summed E-state index contributed by atoms with van der Waals surface area (Å²) in [6, 6.07) is 0.306. The van der Waals surface area contributed by atoms with E-state index in [0.717, 1.165) is 11.8 Å². The van der Waals surface area contributed by atoms with Crippen LogP contribution in [0.3, 0.4) is 0 Å². The Morgan fingerprint density at radius 1 is 1.38 bits per heavy atom. The van der Waals surface area contributed by atoms with Crippen LogP contribution in [-0.2, 0) is 15.8 Å². The molecule has 1 amide bonds. The molecule has 0 saturated heterocycles. The summed E-state index contributed by atoms with van der Waals surface area (Å²) in [4.78, 5) is 40.9. The highest BCUT2D eigenvalue weighted by Crippen LogP contribution is 2.28. The van der Waals surface area contributed by atoms with Gasteiger partial charge in [-0.3, -0.25) is 14.4 Å². The number of nitrogens with one attached hydrogen (secondary N) is 1. The Morgan fingerprint density at radius 2 is 1.95 bits per heavy atom. The Kier molecular flexibility index (Phi) is 5.15. The summed E-state index contributed by atoms with van der Waals surface area (Å²) in [7, 11) is 2.81. The summed E-state index contributed by atoms with van der Waals surface area (Å²) < 4.78 is 37.7. The molecule has 0 fully saturated rings. The van der Waals surface area contributed by atoms with Gasteiger partial charge in [-0.15, -0.1) is 0 Å². The van der Waals surface area contributed by atoms with E-state index in [-0.39, 0.29) is 0 Å². The molecule has 0 spiro atoms. The fraction of sp³-hybridized carbons (Fsp3) is 0.455. The smallest absolute Gasteiger partial charge is 0.347 e. The van der Waals surface area contributed by atoms with Crippen LogP contribution in [0.2, 0.25) is 0 Å². The molecule has 1 rings (SSSR count). The second-order valence-electron chi connectivity index (χ2n) is 4.27. The summed E-state index contributed by atoms with van der Waals surface area (Å²) in [5, 5.41) is -1.71. The maximum atomic E-state index is 12.6. The first-order valence-corrected chi connectivity index (χ1v) is 6.47. The van der Waals surface area contributed by atoms with Gasteiger partial charge in [0.2, 0.25) is 5.91 Å². The quantitative estimate of drug-likeness (QED) is 0.506. The third-order valence-corrected chi connectivity index (χ3v) is 3.46. The molecule has 6 nitrogen and oxygen atoms in total. The Balaban J connectivity index is 3.16. The number of rotatable bonds is 4. The first-order valence-electron chi connectivity index (χ1n) is 5.59. The number of alkyl halides is 3. The zero-order valence-electron chi connectivity index (χ0n) is 11.3. The van der Waals surface area contributed by atoms with Crippen LogP contribution < -0.4 is 5.56 Å². The highest BCUT2D eigenvalue weighted by molar-refractivity contribution is 8.01. The van der Waals surface area contributed by atoms with E-state index in [9.17, 15) is 27.6 Å². The largest absolute Gasteiger partial charge is 0.433 e. The number of amides is 1. The summed E-state index contributed by atoms with van der Waals surface area (Å²) in [6.07, 6.45) is -4.79. The van der Waals surface area contributed by atoms with E-state index in [4.69, 9.17) is 0 Å². The highest BCUT2D eigenvalue weighted by Gasteiger charge is 2.34. The molecule has 0 unspecified atom stereocenters. The maximum Gasteiger partial charge on any atom is 0.433 e. The average molecular weight is 323 g/mol. The van der Waals surface area contributed by atoms with Gasteiger partial charge in [0, 0.05) is 20.2 Å². The van der Waals surface area contributed by atoms with Gasteiger partial charge in [0.25, 0.3) is 5.56 Å². The molecule has 1 atom stereocenters. The molecule has 10 heteroatoms. The minimum absolute atomic E-state index is 0.306. The monoisotopic (exact) mass is 323 g/mol. The lowest BCUT2D eigenvalue weighted by Gasteiger charge is -2.17. The van der Waals surface area contributed by atoms with E-state index in [1.165, 1.54) is 14.1 Å². The fourth-order valence-corrected chi connectivity index (χ4v) is 2.30. The van der Waals surface area contributed by atoms with Gasteiger partial charge in [0.15, 0.2) is 16.6 Å². The van der Waals surface area contributed by atoms with Crippen molar-refractivity contribution in [3.63, 3.8) is 0 Å². The minimum atomic E-state index is -4.79. The lowest BCUT2D eigenvalue weighted by Crippen LogP contribution is -2.36. The molecular weight excluding hydrogens is 311 g/mol. The molecule has 0 aromatic carbocycles. The summed E-state index contributed by atoms with van der Waals surface area (Å²) in [6.45, 7) is 1.13. The van der Waals surface area contributed by atoms with Crippen LogP contribution in [0, 0.1) is 0 Å². The molecule has 21 heavy (non-hydrogen) atoms. The van der Waals surface area contributed by atoms with Crippen LogP contribution >= 0.6 is 11.8 Å². The van der Waals surface area contributed by atoms with Gasteiger partial charge in [-0.05, 0) is 6.92 Å². The van der Waals surface area contributed by atoms with Crippen LogP contribution in [-0.4, -0.2) is 45.9 Å². The van der Waals surface area contributed by atoms with Gasteiger partial charge in [0.05, 0.1) is 0 Å². The number of thioether (sulfide) groups is 1. The Hall–Kier alpha value is -1.84. The molecule has 116 valence electrons. The van der Waals surface area contributed by atoms with Crippen molar-refractivity contribution in [1.82, 2.24) is 14.9 Å². The average Bonchev–Trinajstić information content (AvgIpc) is 2.32. The highest BCUT2D eigenvalue weighted by atomic mass is 32.2. The second kappa shape index (κ2) is 6.29. The molecule has 1 N–H and O–H groups in total. The first-order chi connectivity index (χ1) is 9.52. The van der Waals surface area contributed by atoms with Crippen LogP contribution in [0.25, 0.3) is 0 Å². The Bertz CT molecular complexity index is 613. The molecule has 1 heterocycles. The lowest BCUT2D eigenvalue weighted by molar-refractivity contribution is -0.141. The number of carbonyl (C=O) groups excluding carboxylic acids is 2. The molecule has 0 aliphatic heterocycles. The fourth-order valence-electron chi connectivity index (χ4n) is 1.29. The third-order valence-electron chi connectivity index (χ3n) is 2.27. The SMILES string of the molecule is CC(=O)[C@@H](Sc1nc(C(F)(F)F)cc(=O)[nH]1)C(=O)N(C)C. The van der Waals surface area contributed by atoms with Crippen molar-refractivity contribution in [3.8, 4) is 0 Å². The predicted molar refractivity (Wildman–Crippen MR) is 68.9 cm³/mol. The Labute approximate surface area is 121 Å². The maximum absolute atomic E-state index is 12.6. The lowest BCUT2D eigenvalue weighted by atomic mass is 10.3. The van der Waals surface area contributed by atoms with Crippen LogP contribution in [0.4, 0.5) is 13.2 Å². The van der Waals surface area contributed by atoms with Gasteiger partial charge < -0.3 is 9.88 Å². The minimum Gasteiger partial charge on any atom is -0.347 e. The summed E-state index contributed by atoms with van der Waals surface area (Å²) >= 11 is 0.470. The van der Waals surface area contributed by atoms with E-state index >= 15 is 0 Å². The number of aromatic nitrogens is 2. The summed E-state index contributed by atoms with van der Waals surface area (Å²) in [5.41, 5.74) is -2.40. The second-order valence-corrected chi connectivity index (χ2v) is 5.37. The van der Waals surface area contributed by atoms with Crippen molar-refractivity contribution >= 4 is 23.5 Å². The molecule has 0 aliphatic rings. The number of Topliss-reactive ketones (excluding diaryl/α,β-unsaturated/α-hetero) is 1. The number of halogens is 3. The van der Waals surface area contributed by atoms with Crippen molar-refractivity contribution in [1.29, 1.82) is 0 Å². The molecular formula is C11H12F3N3O3S. The number of ketones is 1. The van der Waals surface area contributed by atoms with Gasteiger partial charge in [0.1, 0.15) is 5.25 Å². The van der Waals surface area contributed by atoms with E-state index in [1.54, 1.807) is 0 Å². The van der Waals surface area contributed by atoms with E-state index < -0.39 is 39.5 Å². The van der Waals surface area contributed by atoms with E-state index in [0.29, 0.717) is 17.8 Å². The number of nitrogens with zero attached hydrogens (tertiary/aromatic N) is 2. The number of hydrogen-bond acceptors (Lipinski definition) is 5. The molecule has 0 bridgehead atoms. The van der Waals surface area contributed by atoms with E-state index in [1.807, 2.05) is 0 Å². The topological polar surface area (TPSA) is 83.1 Å². The van der Waals surface area contributed by atoms with Crippen molar-refractivity contribution in [3.05, 3.63) is 22.1 Å². The van der Waals surface area contributed by atoms with Crippen molar-refractivity contribution in [2.45, 2.75) is 23.5 Å². The van der Waals surface area contributed by atoms with Gasteiger partial charge >= 0.3 is 6.18 Å². The number of carbonyl (C=O) groups is 2. The van der Waals surface area contributed by atoms with Crippen molar-refractivity contribution in [2.24, 2.45) is 0 Å². The zero-order chi connectivity index (χ0) is 16.4. The van der Waals surface area contributed by atoms with Crippen LogP contribution in [0.1, 0.15) is 12.6 Å². The molecule has 1 aromatic heterocycles. The van der Waals surface area contributed by atoms with Gasteiger partial charge in [-0.2, -0.15) is 13.2 Å². The standard InChI is InChI=1S/C11H12F3N3O3S/c1-5(18)8(9(20)17(2)3)21-10-15-6(11(12,13)14)4-7(19)16-10/h4,8H,1-3H3,(H,15,16,19)/t8-/m1/s1. The number of H-pyrrole nitrogens is 1. The van der Waals surface area contributed by atoms with E-state index in [2.05, 4.69) is 9.97 Å². The van der Waals surface area contributed by atoms with Gasteiger partial charge in [-0.25, -0.2) is 4.98 Å². The summed E-state index contributed by atoms with van der Waals surface area (Å²) in [5.74, 6) is -1.16. The van der Waals surface area contributed by atoms with Crippen LogP contribution in [0.5, 0.6) is 0 Å². The first kappa shape index (κ1) is 17.2. The molecule has 0 saturated carbocycles. The van der Waals surface area contributed by atoms with Crippen molar-refractivity contribution in [2.75, 3.05) is 14.1 Å². The van der Waals surface area contributed by atoms with Gasteiger partial charge in [-0.1, -0.05) is 11.8 Å². The number of aromatic amines is 1. The molecule has 0 radical (unpaired) electrons. The van der Waals surface area contributed by atoms with Crippen molar-refractivity contribution < 1.29 is 22.8 Å². The number of hydrogen-bond donors (Lipinski definition) is 1. The zero-order valence-corrected chi connectivity index (χ0v) is 12.1. The Morgan fingerprint density at radius 3 is 2.38 bits per heavy atom. The molecule has 0 aliphatic carbocycles.